The number of ether oxygens (including phenoxy) is 1. The number of carbonyl (C=O) groups excluding carboxylic acids is 1. The maximum Gasteiger partial charge on any atom is 0.314 e. The van der Waals surface area contributed by atoms with Crippen LogP contribution in [0.3, 0.4) is 0 Å². The van der Waals surface area contributed by atoms with Gasteiger partial charge in [0.1, 0.15) is 0 Å². The smallest absolute Gasteiger partial charge is 0.314 e. The Balaban J connectivity index is 2.88. The molecule has 0 saturated heterocycles. The van der Waals surface area contributed by atoms with Gasteiger partial charge in [-0.2, -0.15) is 0 Å². The Labute approximate surface area is 94.5 Å². The molecule has 0 saturated carbocycles. The van der Waals surface area contributed by atoms with Crippen molar-refractivity contribution in [3.8, 4) is 0 Å². The highest BCUT2D eigenvalue weighted by molar-refractivity contribution is 7.09. The molecule has 1 heterocycles. The van der Waals surface area contributed by atoms with Crippen molar-refractivity contribution in [2.45, 2.75) is 39.0 Å². The molecule has 1 aromatic rings. The summed E-state index contributed by atoms with van der Waals surface area (Å²) in [6.45, 7) is 6.17. The third-order valence-corrected chi connectivity index (χ3v) is 3.45. The van der Waals surface area contributed by atoms with E-state index in [1.54, 1.807) is 11.3 Å². The normalized spacial score (nSPS) is 12.9. The molecule has 0 bridgehead atoms. The first kappa shape index (κ1) is 12.2. The van der Waals surface area contributed by atoms with Gasteiger partial charge < -0.3 is 4.74 Å². The van der Waals surface area contributed by atoms with Crippen LogP contribution >= 0.6 is 11.3 Å². The van der Waals surface area contributed by atoms with Gasteiger partial charge in [-0.15, -0.1) is 11.3 Å². The van der Waals surface area contributed by atoms with Gasteiger partial charge in [0, 0.05) is 11.3 Å². The molecule has 1 atom stereocenters. The van der Waals surface area contributed by atoms with Crippen LogP contribution in [0.15, 0.2) is 5.38 Å². The lowest BCUT2D eigenvalue weighted by atomic mass is 10.0. The molecule has 0 aliphatic heterocycles. The van der Waals surface area contributed by atoms with E-state index < -0.39 is 0 Å². The molecular weight excluding hydrogens is 210 g/mol. The molecular formula is C11H17NO2S. The Bertz CT molecular complexity index is 333. The van der Waals surface area contributed by atoms with E-state index in [4.69, 9.17) is 4.74 Å². The van der Waals surface area contributed by atoms with E-state index in [2.05, 4.69) is 18.8 Å². The number of hydrogen-bond acceptors (Lipinski definition) is 4. The van der Waals surface area contributed by atoms with Gasteiger partial charge in [-0.05, 0) is 6.42 Å². The number of aromatic nitrogens is 1. The van der Waals surface area contributed by atoms with Gasteiger partial charge >= 0.3 is 5.97 Å². The fourth-order valence-electron chi connectivity index (χ4n) is 1.36. The lowest BCUT2D eigenvalue weighted by molar-refractivity contribution is -0.142. The Morgan fingerprint density at radius 2 is 2.27 bits per heavy atom. The van der Waals surface area contributed by atoms with Gasteiger partial charge in [-0.3, -0.25) is 4.79 Å². The molecule has 4 heteroatoms. The third-order valence-electron chi connectivity index (χ3n) is 2.28. The average molecular weight is 227 g/mol. The van der Waals surface area contributed by atoms with Crippen molar-refractivity contribution in [3.63, 3.8) is 0 Å². The summed E-state index contributed by atoms with van der Waals surface area (Å²) in [6.07, 6.45) is 0.730. The van der Waals surface area contributed by atoms with Crippen LogP contribution in [-0.2, 0) is 9.53 Å². The van der Waals surface area contributed by atoms with Gasteiger partial charge in [0.05, 0.1) is 23.7 Å². The number of esters is 1. The van der Waals surface area contributed by atoms with Crippen molar-refractivity contribution in [1.82, 2.24) is 4.98 Å². The van der Waals surface area contributed by atoms with Crippen LogP contribution in [0.2, 0.25) is 0 Å². The van der Waals surface area contributed by atoms with E-state index in [1.165, 1.54) is 7.11 Å². The largest absolute Gasteiger partial charge is 0.469 e. The molecule has 0 fully saturated rings. The second-order valence-electron chi connectivity index (χ2n) is 3.75. The van der Waals surface area contributed by atoms with Crippen molar-refractivity contribution in [3.05, 3.63) is 16.1 Å². The van der Waals surface area contributed by atoms with Crippen molar-refractivity contribution in [2.75, 3.05) is 7.11 Å². The van der Waals surface area contributed by atoms with Crippen LogP contribution in [0.4, 0.5) is 0 Å². The highest BCUT2D eigenvalue weighted by Crippen LogP contribution is 2.26. The van der Waals surface area contributed by atoms with Crippen molar-refractivity contribution in [2.24, 2.45) is 0 Å². The fraction of sp³-hybridized carbons (Fsp3) is 0.636. The molecule has 1 aromatic heterocycles. The molecule has 3 nitrogen and oxygen atoms in total. The van der Waals surface area contributed by atoms with Crippen molar-refractivity contribution < 1.29 is 9.53 Å². The second-order valence-corrected chi connectivity index (χ2v) is 4.64. The lowest BCUT2D eigenvalue weighted by Gasteiger charge is -2.09. The summed E-state index contributed by atoms with van der Waals surface area (Å²) in [5.74, 6) is 0.00996. The van der Waals surface area contributed by atoms with Crippen LogP contribution in [0.5, 0.6) is 0 Å². The summed E-state index contributed by atoms with van der Waals surface area (Å²) in [7, 11) is 1.42. The van der Waals surface area contributed by atoms with Crippen LogP contribution < -0.4 is 0 Å². The number of nitrogens with zero attached hydrogens (tertiary/aromatic N) is 1. The zero-order chi connectivity index (χ0) is 11.4. The maximum atomic E-state index is 11.5. The quantitative estimate of drug-likeness (QED) is 0.742. The minimum atomic E-state index is -0.209. The second kappa shape index (κ2) is 5.26. The SMILES string of the molecule is CCC(C(=O)OC)c1csc(C(C)C)n1. The number of rotatable bonds is 4. The fourth-order valence-corrected chi connectivity index (χ4v) is 2.25. The summed E-state index contributed by atoms with van der Waals surface area (Å²) in [6, 6.07) is 0. The van der Waals surface area contributed by atoms with Crippen LogP contribution in [0.25, 0.3) is 0 Å². The molecule has 0 spiro atoms. The number of methoxy groups -OCH3 is 1. The Morgan fingerprint density at radius 3 is 2.67 bits per heavy atom. The predicted molar refractivity (Wildman–Crippen MR) is 61.3 cm³/mol. The monoisotopic (exact) mass is 227 g/mol. The highest BCUT2D eigenvalue weighted by Gasteiger charge is 2.22. The minimum absolute atomic E-state index is 0.196. The summed E-state index contributed by atoms with van der Waals surface area (Å²) in [5.41, 5.74) is 0.845. The van der Waals surface area contributed by atoms with Gasteiger partial charge in [-0.1, -0.05) is 20.8 Å². The first-order chi connectivity index (χ1) is 7.10. The molecule has 84 valence electrons. The van der Waals surface area contributed by atoms with E-state index >= 15 is 0 Å². The van der Waals surface area contributed by atoms with Gasteiger partial charge in [0.15, 0.2) is 0 Å². The van der Waals surface area contributed by atoms with Gasteiger partial charge in [0.25, 0.3) is 0 Å². The van der Waals surface area contributed by atoms with Crippen LogP contribution in [0.1, 0.15) is 49.7 Å². The molecule has 1 unspecified atom stereocenters. The number of thiazole rings is 1. The van der Waals surface area contributed by atoms with E-state index in [9.17, 15) is 4.79 Å². The zero-order valence-corrected chi connectivity index (χ0v) is 10.4. The molecule has 1 rings (SSSR count). The highest BCUT2D eigenvalue weighted by atomic mass is 32.1. The Hall–Kier alpha value is -0.900. The maximum absolute atomic E-state index is 11.5. The average Bonchev–Trinajstić information content (AvgIpc) is 2.68. The minimum Gasteiger partial charge on any atom is -0.469 e. The molecule has 0 aromatic carbocycles. The summed E-state index contributed by atoms with van der Waals surface area (Å²) in [5, 5.41) is 3.04. The Kier molecular flexibility index (Phi) is 4.27. The van der Waals surface area contributed by atoms with Crippen molar-refractivity contribution in [1.29, 1.82) is 0 Å². The molecule has 0 N–H and O–H groups in total. The van der Waals surface area contributed by atoms with E-state index in [1.807, 2.05) is 12.3 Å². The number of carbonyl (C=O) groups is 1. The summed E-state index contributed by atoms with van der Waals surface area (Å²) < 4.78 is 4.75. The van der Waals surface area contributed by atoms with Gasteiger partial charge in [-0.25, -0.2) is 4.98 Å². The van der Waals surface area contributed by atoms with Crippen LogP contribution in [0, 0.1) is 0 Å². The first-order valence-corrected chi connectivity index (χ1v) is 6.01. The Morgan fingerprint density at radius 1 is 1.60 bits per heavy atom. The number of hydrogen-bond donors (Lipinski definition) is 0. The molecule has 0 amide bonds. The predicted octanol–water partition coefficient (Wildman–Crippen LogP) is 2.93. The zero-order valence-electron chi connectivity index (χ0n) is 9.61. The molecule has 0 aliphatic rings. The molecule has 0 radical (unpaired) electrons. The summed E-state index contributed by atoms with van der Waals surface area (Å²) >= 11 is 1.61. The standard InChI is InChI=1S/C11H17NO2S/c1-5-8(11(13)14-4)9-6-15-10(12-9)7(2)3/h6-8H,5H2,1-4H3. The molecule has 0 aliphatic carbocycles. The van der Waals surface area contributed by atoms with Gasteiger partial charge in [0.2, 0.25) is 0 Å². The van der Waals surface area contributed by atoms with E-state index in [-0.39, 0.29) is 11.9 Å². The lowest BCUT2D eigenvalue weighted by Crippen LogP contribution is -2.13. The van der Waals surface area contributed by atoms with E-state index in [0.717, 1.165) is 17.1 Å². The van der Waals surface area contributed by atoms with E-state index in [0.29, 0.717) is 5.92 Å². The van der Waals surface area contributed by atoms with Crippen LogP contribution in [-0.4, -0.2) is 18.1 Å². The first-order valence-electron chi connectivity index (χ1n) is 5.13. The summed E-state index contributed by atoms with van der Waals surface area (Å²) in [4.78, 5) is 15.9. The third kappa shape index (κ3) is 2.78. The van der Waals surface area contributed by atoms with Crippen molar-refractivity contribution >= 4 is 17.3 Å². The topological polar surface area (TPSA) is 39.2 Å². The molecule has 15 heavy (non-hydrogen) atoms.